The number of nitrogens with zero attached hydrogens (tertiary/aromatic N) is 1. The fourth-order valence-electron chi connectivity index (χ4n) is 12.6. The third-order valence-electron chi connectivity index (χ3n) is 18.4. The van der Waals surface area contributed by atoms with Gasteiger partial charge in [0.05, 0.1) is 41.8 Å². The van der Waals surface area contributed by atoms with Crippen LogP contribution in [-0.4, -0.2) is 173 Å². The number of Topliss-reactive ketones (excluding diaryl/α,β-unsaturated/α-hetero) is 7. The molecule has 0 spiro atoms. The van der Waals surface area contributed by atoms with Crippen molar-refractivity contribution in [1.29, 1.82) is 0 Å². The Bertz CT molecular complexity index is 3410. The van der Waals surface area contributed by atoms with Crippen LogP contribution < -0.4 is 26.6 Å². The molecule has 0 aromatic heterocycles. The smallest absolute Gasteiger partial charge is 0.303 e. The zero-order valence-corrected chi connectivity index (χ0v) is 61.5. The number of ketones is 7. The summed E-state index contributed by atoms with van der Waals surface area (Å²) in [6.07, 6.45) is -4.33. The second-order valence-electron chi connectivity index (χ2n) is 28.1. The van der Waals surface area contributed by atoms with Gasteiger partial charge in [0.2, 0.25) is 29.5 Å². The molecule has 5 amide bonds. The van der Waals surface area contributed by atoms with E-state index in [1.807, 2.05) is 34.6 Å². The van der Waals surface area contributed by atoms with Crippen molar-refractivity contribution in [1.82, 2.24) is 31.5 Å². The number of carboxylic acid groups (broad SMARTS) is 1. The van der Waals surface area contributed by atoms with E-state index in [1.165, 1.54) is 49.4 Å². The number of benzene rings is 3. The maximum Gasteiger partial charge on any atom is 0.303 e. The number of phenols is 3. The minimum atomic E-state index is -1.61. The van der Waals surface area contributed by atoms with Crippen LogP contribution in [0.4, 0.5) is 0 Å². The first-order valence-electron chi connectivity index (χ1n) is 34.7. The number of fused-ring (bicyclic) bond motifs is 1. The molecule has 0 saturated carbocycles. The standard InChI is InChI=1S/C74H101ClN6O18S2/c1-10-43(8)68(66(91)31-48(17-11-44(9)82)69(94)41(4)5)80-73(98)52(26-45-12-19-53(83)20-13-45)33-64(89)59-38-100-101-39-60(79-71(96)49(18-24-67(92)93)32-63(88)58(77-42(6)7)29-46-14-21-54(84)22-15-46)74(99)81-37-56(86)35-61(81)65(90)34-51(27-47-16-23-62(87)57(75)28-47)70(95)76-36-55(85)30-50(25-40(2)3)72(97)78-59/h12-16,19-23,28,40-43,48-52,56,58-61,68,77,83-84,86-87H,10-11,17-18,24-27,29-39H2,1-9H3,(H,76,95)(H,78,97)(H,79,96)(H,80,98)(H,92,93)/t43-,48+,49-,50+,51+,52+,56+,58-,59-,60-,61-,68-/m0/s1. The molecule has 2 heterocycles. The molecule has 0 radical (unpaired) electrons. The molecule has 0 bridgehead atoms. The Hall–Kier alpha value is -7.52. The van der Waals surface area contributed by atoms with E-state index in [0.717, 1.165) is 26.5 Å². The number of hydrogen-bond acceptors (Lipinski definition) is 20. The molecule has 3 aromatic carbocycles. The van der Waals surface area contributed by atoms with E-state index >= 15 is 9.59 Å². The summed E-state index contributed by atoms with van der Waals surface area (Å²) in [6, 6.07) is 9.46. The molecule has 0 unspecified atom stereocenters. The first-order valence-corrected chi connectivity index (χ1v) is 37.6. The second-order valence-corrected chi connectivity index (χ2v) is 31.0. The highest BCUT2D eigenvalue weighted by Gasteiger charge is 2.44. The molecule has 2 fully saturated rings. The third kappa shape index (κ3) is 27.6. The number of carboxylic acids is 1. The van der Waals surface area contributed by atoms with Crippen LogP contribution in [0.5, 0.6) is 17.2 Å². The second kappa shape index (κ2) is 40.9. The monoisotopic (exact) mass is 1460 g/mol. The summed E-state index contributed by atoms with van der Waals surface area (Å²) < 4.78 is 0. The fraction of sp³-hybridized carbons (Fsp3) is 0.581. The van der Waals surface area contributed by atoms with Crippen LogP contribution in [0, 0.1) is 47.3 Å². The number of aliphatic hydroxyl groups is 1. The molecule has 2 saturated heterocycles. The van der Waals surface area contributed by atoms with Gasteiger partial charge >= 0.3 is 5.97 Å². The van der Waals surface area contributed by atoms with Gasteiger partial charge in [-0.3, -0.25) is 57.5 Å². The van der Waals surface area contributed by atoms with Crippen LogP contribution in [-0.2, 0) is 81.6 Å². The summed E-state index contributed by atoms with van der Waals surface area (Å²) in [5.41, 5.74) is 1.56. The van der Waals surface area contributed by atoms with Gasteiger partial charge in [0.25, 0.3) is 0 Å². The predicted octanol–water partition coefficient (Wildman–Crippen LogP) is 7.21. The van der Waals surface area contributed by atoms with Crippen molar-refractivity contribution in [3.05, 3.63) is 88.4 Å². The number of hydrogen-bond donors (Lipinski definition) is 10. The zero-order chi connectivity index (χ0) is 74.9. The number of aliphatic carboxylic acids is 1. The SMILES string of the molecule is CC[C@H](C)[C@H](NC(=O)[C@@H](CC(=O)[C@@H]1CSSC[C@H](NC(=O)[C@@H](CCC(=O)O)CC(=O)[C@H](Cc2ccc(O)cc2)NC(C)C)C(=O)N2C[C@H](O)C[C@H]2C(=O)C[C@@H](Cc2ccc(O)c(Cl)c2)C(=O)NCC(=O)C[C@@H](CC(C)C)C(=O)N1)Cc1ccc(O)cc1)C(=O)C[C@@H](CCC(C)=O)C(=O)C(C)C. The Labute approximate surface area is 604 Å². The quantitative estimate of drug-likeness (QED) is 0.0269. The van der Waals surface area contributed by atoms with E-state index in [-0.39, 0.29) is 115 Å². The first kappa shape index (κ1) is 84.1. The molecule has 5 rings (SSSR count). The summed E-state index contributed by atoms with van der Waals surface area (Å²) in [5, 5.41) is 65.9. The predicted molar refractivity (Wildman–Crippen MR) is 383 cm³/mol. The number of rotatable bonds is 33. The molecule has 10 N–H and O–H groups in total. The van der Waals surface area contributed by atoms with Crippen LogP contribution in [0.25, 0.3) is 0 Å². The summed E-state index contributed by atoms with van der Waals surface area (Å²) in [5.74, 6) is -16.5. The van der Waals surface area contributed by atoms with Crippen molar-refractivity contribution in [2.24, 2.45) is 47.3 Å². The Morgan fingerprint density at radius 2 is 1.31 bits per heavy atom. The minimum absolute atomic E-state index is 0.00522. The lowest BCUT2D eigenvalue weighted by Crippen LogP contribution is -2.54. The maximum atomic E-state index is 15.3. The number of aromatic hydroxyl groups is 3. The maximum absolute atomic E-state index is 15.3. The lowest BCUT2D eigenvalue weighted by Gasteiger charge is -2.30. The molecule has 101 heavy (non-hydrogen) atoms. The van der Waals surface area contributed by atoms with Crippen LogP contribution in [0.2, 0.25) is 5.02 Å². The molecule has 12 atom stereocenters. The highest BCUT2D eigenvalue weighted by Crippen LogP contribution is 2.32. The van der Waals surface area contributed by atoms with Gasteiger partial charge in [0.15, 0.2) is 28.9 Å². The van der Waals surface area contributed by atoms with Crippen LogP contribution in [0.15, 0.2) is 66.7 Å². The van der Waals surface area contributed by atoms with Crippen molar-refractivity contribution in [3.63, 3.8) is 0 Å². The number of nitrogens with one attached hydrogen (secondary N) is 5. The van der Waals surface area contributed by atoms with Crippen molar-refractivity contribution in [2.75, 3.05) is 24.6 Å². The van der Waals surface area contributed by atoms with Crippen LogP contribution >= 0.6 is 33.2 Å². The third-order valence-corrected chi connectivity index (χ3v) is 21.1. The highest BCUT2D eigenvalue weighted by molar-refractivity contribution is 8.76. The van der Waals surface area contributed by atoms with Gasteiger partial charge in [-0.1, -0.05) is 125 Å². The molecule has 0 aliphatic carbocycles. The number of carbonyl (C=O) groups is 13. The normalized spacial score (nSPS) is 20.9. The number of halogens is 1. The van der Waals surface area contributed by atoms with Gasteiger partial charge in [-0.05, 0) is 110 Å². The van der Waals surface area contributed by atoms with Gasteiger partial charge < -0.3 is 61.8 Å². The van der Waals surface area contributed by atoms with Gasteiger partial charge in [-0.25, -0.2) is 0 Å². The number of phenolic OH excluding ortho intramolecular Hbond substituents is 3. The fourth-order valence-corrected chi connectivity index (χ4v) is 15.2. The molecule has 24 nitrogen and oxygen atoms in total. The Balaban J connectivity index is 1.60. The molecular weight excluding hydrogens is 1360 g/mol. The summed E-state index contributed by atoms with van der Waals surface area (Å²) in [7, 11) is 1.91. The van der Waals surface area contributed by atoms with Gasteiger partial charge in [-0.2, -0.15) is 0 Å². The number of carbonyl (C=O) groups excluding carboxylic acids is 12. The average Bonchev–Trinajstić information content (AvgIpc) is 1.70. The largest absolute Gasteiger partial charge is 0.508 e. The van der Waals surface area contributed by atoms with Crippen molar-refractivity contribution >= 4 is 109 Å². The van der Waals surface area contributed by atoms with Crippen molar-refractivity contribution < 1.29 is 87.9 Å². The summed E-state index contributed by atoms with van der Waals surface area (Å²) >= 11 is 6.28. The molecule has 2 aliphatic rings. The lowest BCUT2D eigenvalue weighted by molar-refractivity contribution is -0.142. The van der Waals surface area contributed by atoms with E-state index in [1.54, 1.807) is 45.0 Å². The van der Waals surface area contributed by atoms with Gasteiger partial charge in [0.1, 0.15) is 34.9 Å². The van der Waals surface area contributed by atoms with E-state index in [4.69, 9.17) is 11.6 Å². The van der Waals surface area contributed by atoms with Crippen molar-refractivity contribution in [3.8, 4) is 17.2 Å². The molecule has 27 heteroatoms. The Kier molecular flexibility index (Phi) is 34.1. The first-order chi connectivity index (χ1) is 47.6. The molecule has 2 aliphatic heterocycles. The van der Waals surface area contributed by atoms with Crippen LogP contribution in [0.3, 0.4) is 0 Å². The number of aliphatic hydroxyl groups excluding tert-OH is 1. The van der Waals surface area contributed by atoms with Crippen molar-refractivity contribution in [2.45, 2.75) is 201 Å². The Morgan fingerprint density at radius 3 is 1.89 bits per heavy atom. The summed E-state index contributed by atoms with van der Waals surface area (Å²) in [4.78, 5) is 186. The molecular formula is C74H101ClN6O18S2. The van der Waals surface area contributed by atoms with Crippen LogP contribution in [0.1, 0.15) is 156 Å². The zero-order valence-electron chi connectivity index (χ0n) is 59.1. The Morgan fingerprint density at radius 1 is 0.703 bits per heavy atom. The van der Waals surface area contributed by atoms with E-state index in [2.05, 4.69) is 26.6 Å². The molecule has 554 valence electrons. The van der Waals surface area contributed by atoms with E-state index in [9.17, 15) is 78.3 Å². The average molecular weight is 1460 g/mol. The van der Waals surface area contributed by atoms with Gasteiger partial charge in [-0.15, -0.1) is 0 Å². The van der Waals surface area contributed by atoms with E-state index < -0.39 is 187 Å². The minimum Gasteiger partial charge on any atom is -0.508 e. The van der Waals surface area contributed by atoms with Gasteiger partial charge in [0, 0.05) is 111 Å². The topological polar surface area (TPSA) is 386 Å². The lowest BCUT2D eigenvalue weighted by atomic mass is 9.83. The molecule has 3 aromatic rings. The number of amides is 5. The highest BCUT2D eigenvalue weighted by atomic mass is 35.5. The van der Waals surface area contributed by atoms with E-state index in [0.29, 0.717) is 23.1 Å². The summed E-state index contributed by atoms with van der Waals surface area (Å²) in [6.45, 7) is 14.6.